The largest absolute Gasteiger partial charge is 0.356 e. The predicted molar refractivity (Wildman–Crippen MR) is 113 cm³/mol. The van der Waals surface area contributed by atoms with E-state index in [4.69, 9.17) is 0 Å². The van der Waals surface area contributed by atoms with Crippen LogP contribution < -0.4 is 10.6 Å². The number of guanidine groups is 1. The summed E-state index contributed by atoms with van der Waals surface area (Å²) in [4.78, 5) is 7.13. The molecule has 1 aromatic rings. The van der Waals surface area contributed by atoms with Crippen LogP contribution in [0.3, 0.4) is 0 Å². The SMILES string of the molecule is CN=C(NCC1(C2CC2)CCC1)NC1CCN(Cc2ccccc2)C(C)C1. The first kappa shape index (κ1) is 18.8. The summed E-state index contributed by atoms with van der Waals surface area (Å²) in [6.45, 7) is 5.69. The van der Waals surface area contributed by atoms with Gasteiger partial charge in [-0.1, -0.05) is 36.8 Å². The lowest BCUT2D eigenvalue weighted by Crippen LogP contribution is -2.53. The first-order valence-electron chi connectivity index (χ1n) is 10.9. The van der Waals surface area contributed by atoms with E-state index in [1.165, 1.54) is 50.5 Å². The molecule has 0 radical (unpaired) electrons. The molecule has 2 unspecified atom stereocenters. The third-order valence-corrected chi connectivity index (χ3v) is 7.21. The van der Waals surface area contributed by atoms with E-state index in [1.54, 1.807) is 0 Å². The Morgan fingerprint density at radius 1 is 1.19 bits per heavy atom. The maximum absolute atomic E-state index is 4.52. The van der Waals surface area contributed by atoms with Crippen molar-refractivity contribution in [2.45, 2.75) is 70.5 Å². The molecule has 0 amide bonds. The minimum Gasteiger partial charge on any atom is -0.356 e. The molecule has 148 valence electrons. The molecule has 2 aliphatic carbocycles. The zero-order valence-corrected chi connectivity index (χ0v) is 17.1. The van der Waals surface area contributed by atoms with Crippen LogP contribution >= 0.6 is 0 Å². The topological polar surface area (TPSA) is 39.7 Å². The smallest absolute Gasteiger partial charge is 0.191 e. The van der Waals surface area contributed by atoms with Crippen molar-refractivity contribution in [2.75, 3.05) is 20.1 Å². The molecule has 4 nitrogen and oxygen atoms in total. The second kappa shape index (κ2) is 8.22. The number of hydrogen-bond acceptors (Lipinski definition) is 2. The van der Waals surface area contributed by atoms with Crippen molar-refractivity contribution in [3.05, 3.63) is 35.9 Å². The molecule has 1 aromatic carbocycles. The van der Waals surface area contributed by atoms with Gasteiger partial charge in [0, 0.05) is 38.8 Å². The minimum absolute atomic E-state index is 0.525. The second-order valence-electron chi connectivity index (χ2n) is 9.09. The number of hydrogen-bond donors (Lipinski definition) is 2. The predicted octanol–water partition coefficient (Wildman–Crippen LogP) is 3.78. The minimum atomic E-state index is 0.525. The Balaban J connectivity index is 1.24. The summed E-state index contributed by atoms with van der Waals surface area (Å²) in [5.74, 6) is 1.99. The average molecular weight is 369 g/mol. The summed E-state index contributed by atoms with van der Waals surface area (Å²) in [5.41, 5.74) is 2.00. The molecule has 1 aliphatic heterocycles. The van der Waals surface area contributed by atoms with Gasteiger partial charge < -0.3 is 10.6 Å². The Morgan fingerprint density at radius 2 is 1.96 bits per heavy atom. The first-order chi connectivity index (χ1) is 13.2. The number of nitrogens with one attached hydrogen (secondary N) is 2. The summed E-state index contributed by atoms with van der Waals surface area (Å²) in [6.07, 6.45) is 9.51. The molecule has 1 saturated heterocycles. The van der Waals surface area contributed by atoms with E-state index in [-0.39, 0.29) is 0 Å². The highest BCUT2D eigenvalue weighted by Gasteiger charge is 2.48. The summed E-state index contributed by atoms with van der Waals surface area (Å²) in [6, 6.07) is 12.0. The summed E-state index contributed by atoms with van der Waals surface area (Å²) < 4.78 is 0. The molecule has 2 N–H and O–H groups in total. The highest BCUT2D eigenvalue weighted by atomic mass is 15.2. The van der Waals surface area contributed by atoms with Crippen LogP contribution in [0, 0.1) is 11.3 Å². The first-order valence-corrected chi connectivity index (χ1v) is 10.9. The van der Waals surface area contributed by atoms with E-state index in [0.717, 1.165) is 31.5 Å². The Labute approximate surface area is 164 Å². The summed E-state index contributed by atoms with van der Waals surface area (Å²) in [5, 5.41) is 7.38. The van der Waals surface area contributed by atoms with Gasteiger partial charge in [0.2, 0.25) is 0 Å². The Hall–Kier alpha value is -1.55. The number of nitrogens with zero attached hydrogens (tertiary/aromatic N) is 2. The number of rotatable bonds is 6. The average Bonchev–Trinajstić information content (AvgIpc) is 3.48. The Bertz CT molecular complexity index is 633. The van der Waals surface area contributed by atoms with Gasteiger partial charge in [0.15, 0.2) is 5.96 Å². The Kier molecular flexibility index (Phi) is 5.72. The van der Waals surface area contributed by atoms with Crippen molar-refractivity contribution in [1.29, 1.82) is 0 Å². The molecule has 3 fully saturated rings. The number of benzene rings is 1. The zero-order chi connectivity index (χ0) is 18.7. The highest BCUT2D eigenvalue weighted by molar-refractivity contribution is 5.80. The van der Waals surface area contributed by atoms with Gasteiger partial charge in [-0.05, 0) is 62.3 Å². The quantitative estimate of drug-likeness (QED) is 0.593. The molecule has 3 aliphatic rings. The van der Waals surface area contributed by atoms with Crippen molar-refractivity contribution in [2.24, 2.45) is 16.3 Å². The number of aliphatic imine (C=N–C) groups is 1. The van der Waals surface area contributed by atoms with Gasteiger partial charge in [0.1, 0.15) is 0 Å². The standard InChI is InChI=1S/C23H36N4/c1-18-15-21(11-14-27(18)16-19-7-4-3-5-8-19)26-22(24-2)25-17-23(12-6-13-23)20-9-10-20/h3-5,7-8,18,20-21H,6,9-17H2,1-2H3,(H2,24,25,26). The number of likely N-dealkylation sites (tertiary alicyclic amines) is 1. The molecule has 4 heteroatoms. The van der Waals surface area contributed by atoms with Crippen molar-refractivity contribution >= 4 is 5.96 Å². The second-order valence-corrected chi connectivity index (χ2v) is 9.09. The van der Waals surface area contributed by atoms with Crippen LogP contribution in [-0.2, 0) is 6.54 Å². The van der Waals surface area contributed by atoms with Gasteiger partial charge in [-0.15, -0.1) is 0 Å². The van der Waals surface area contributed by atoms with Crippen molar-refractivity contribution in [1.82, 2.24) is 15.5 Å². The van der Waals surface area contributed by atoms with Gasteiger partial charge in [-0.25, -0.2) is 0 Å². The highest BCUT2D eigenvalue weighted by Crippen LogP contribution is 2.56. The fourth-order valence-corrected chi connectivity index (χ4v) is 5.11. The van der Waals surface area contributed by atoms with Crippen LogP contribution in [0.15, 0.2) is 35.3 Å². The molecule has 4 rings (SSSR count). The zero-order valence-electron chi connectivity index (χ0n) is 17.1. The van der Waals surface area contributed by atoms with Gasteiger partial charge >= 0.3 is 0 Å². The van der Waals surface area contributed by atoms with Crippen LogP contribution in [0.25, 0.3) is 0 Å². The lowest BCUT2D eigenvalue weighted by atomic mass is 9.65. The third kappa shape index (κ3) is 4.48. The van der Waals surface area contributed by atoms with Crippen LogP contribution in [0.4, 0.5) is 0 Å². The molecule has 0 bridgehead atoms. The fourth-order valence-electron chi connectivity index (χ4n) is 5.11. The molecular formula is C23H36N4. The monoisotopic (exact) mass is 368 g/mol. The van der Waals surface area contributed by atoms with Crippen molar-refractivity contribution < 1.29 is 0 Å². The van der Waals surface area contributed by atoms with E-state index < -0.39 is 0 Å². The normalized spacial score (nSPS) is 28.4. The molecule has 1 heterocycles. The lowest BCUT2D eigenvalue weighted by Gasteiger charge is -2.43. The van der Waals surface area contributed by atoms with Crippen molar-refractivity contribution in [3.63, 3.8) is 0 Å². The molecule has 0 aromatic heterocycles. The summed E-state index contributed by atoms with van der Waals surface area (Å²) >= 11 is 0. The van der Waals surface area contributed by atoms with Gasteiger partial charge in [-0.3, -0.25) is 9.89 Å². The molecule has 27 heavy (non-hydrogen) atoms. The fraction of sp³-hybridized carbons (Fsp3) is 0.696. The van der Waals surface area contributed by atoms with Crippen molar-refractivity contribution in [3.8, 4) is 0 Å². The van der Waals surface area contributed by atoms with Crippen LogP contribution in [-0.4, -0.2) is 43.1 Å². The van der Waals surface area contributed by atoms with E-state index >= 15 is 0 Å². The van der Waals surface area contributed by atoms with E-state index in [1.807, 2.05) is 7.05 Å². The maximum Gasteiger partial charge on any atom is 0.191 e. The van der Waals surface area contributed by atoms with Crippen LogP contribution in [0.5, 0.6) is 0 Å². The molecular weight excluding hydrogens is 332 g/mol. The summed E-state index contributed by atoms with van der Waals surface area (Å²) in [7, 11) is 1.91. The van der Waals surface area contributed by atoms with E-state index in [9.17, 15) is 0 Å². The van der Waals surface area contributed by atoms with Crippen LogP contribution in [0.2, 0.25) is 0 Å². The molecule has 0 spiro atoms. The molecule has 2 saturated carbocycles. The van der Waals surface area contributed by atoms with E-state index in [0.29, 0.717) is 17.5 Å². The van der Waals surface area contributed by atoms with Gasteiger partial charge in [0.05, 0.1) is 0 Å². The van der Waals surface area contributed by atoms with Gasteiger partial charge in [-0.2, -0.15) is 0 Å². The maximum atomic E-state index is 4.52. The lowest BCUT2D eigenvalue weighted by molar-refractivity contribution is 0.105. The van der Waals surface area contributed by atoms with E-state index in [2.05, 4.69) is 57.8 Å². The number of piperidine rings is 1. The third-order valence-electron chi connectivity index (χ3n) is 7.21. The van der Waals surface area contributed by atoms with Gasteiger partial charge in [0.25, 0.3) is 0 Å². The van der Waals surface area contributed by atoms with Crippen LogP contribution in [0.1, 0.15) is 57.4 Å². The Morgan fingerprint density at radius 3 is 2.56 bits per heavy atom. The molecule has 2 atom stereocenters.